The van der Waals surface area contributed by atoms with Crippen LogP contribution in [0.15, 0.2) is 58.2 Å². The molecule has 0 aliphatic rings. The van der Waals surface area contributed by atoms with Crippen LogP contribution >= 0.6 is 15.9 Å². The number of sulfonamides is 1. The molecule has 7 nitrogen and oxygen atoms in total. The van der Waals surface area contributed by atoms with E-state index in [-0.39, 0.29) is 16.4 Å². The van der Waals surface area contributed by atoms with Crippen LogP contribution in [0, 0.1) is 0 Å². The number of hydrogen-bond acceptors (Lipinski definition) is 4. The van der Waals surface area contributed by atoms with Crippen molar-refractivity contribution in [3.8, 4) is 0 Å². The monoisotopic (exact) mass is 436 g/mol. The Labute approximate surface area is 159 Å². The number of halogens is 1. The fourth-order valence-corrected chi connectivity index (χ4v) is 3.56. The zero-order valence-electron chi connectivity index (χ0n) is 13.7. The van der Waals surface area contributed by atoms with E-state index in [1.165, 1.54) is 18.2 Å². The number of fused-ring (bicyclic) bond motifs is 1. The maximum absolute atomic E-state index is 12.3. The van der Waals surface area contributed by atoms with Crippen molar-refractivity contribution in [3.05, 3.63) is 58.8 Å². The van der Waals surface area contributed by atoms with E-state index in [1.54, 1.807) is 6.33 Å². The number of nitrogens with one attached hydrogen (secondary N) is 1. The number of benzene rings is 2. The fourth-order valence-electron chi connectivity index (χ4n) is 2.59. The third-order valence-corrected chi connectivity index (χ3v) is 5.50. The Morgan fingerprint density at radius 2 is 2.00 bits per heavy atom. The van der Waals surface area contributed by atoms with Crippen LogP contribution in [0.25, 0.3) is 11.0 Å². The van der Waals surface area contributed by atoms with E-state index in [9.17, 15) is 13.2 Å². The van der Waals surface area contributed by atoms with Crippen LogP contribution in [-0.4, -0.2) is 30.4 Å². The number of aryl methyl sites for hydroxylation is 1. The van der Waals surface area contributed by atoms with Gasteiger partial charge in [0.1, 0.15) is 0 Å². The van der Waals surface area contributed by atoms with E-state index in [2.05, 4.69) is 26.2 Å². The molecule has 26 heavy (non-hydrogen) atoms. The predicted octanol–water partition coefficient (Wildman–Crippen LogP) is 2.27. The van der Waals surface area contributed by atoms with E-state index in [4.69, 9.17) is 5.14 Å². The van der Waals surface area contributed by atoms with Crippen LogP contribution in [0.5, 0.6) is 0 Å². The lowest BCUT2D eigenvalue weighted by Crippen LogP contribution is -2.26. The number of nitrogens with two attached hydrogens (primary N) is 1. The van der Waals surface area contributed by atoms with Gasteiger partial charge in [-0.15, -0.1) is 0 Å². The predicted molar refractivity (Wildman–Crippen MR) is 102 cm³/mol. The lowest BCUT2D eigenvalue weighted by atomic mass is 10.2. The van der Waals surface area contributed by atoms with Gasteiger partial charge in [0.15, 0.2) is 0 Å². The molecule has 0 aliphatic carbocycles. The average Bonchev–Trinajstić information content (AvgIpc) is 3.01. The van der Waals surface area contributed by atoms with E-state index in [0.717, 1.165) is 11.0 Å². The maximum atomic E-state index is 12.3. The van der Waals surface area contributed by atoms with Crippen LogP contribution in [0.3, 0.4) is 0 Å². The number of rotatable bonds is 6. The minimum absolute atomic E-state index is 0.101. The number of carbonyl (C=O) groups is 1. The first-order chi connectivity index (χ1) is 12.4. The molecule has 0 radical (unpaired) electrons. The van der Waals surface area contributed by atoms with Gasteiger partial charge in [-0.25, -0.2) is 18.5 Å². The quantitative estimate of drug-likeness (QED) is 0.577. The maximum Gasteiger partial charge on any atom is 0.252 e. The van der Waals surface area contributed by atoms with E-state index in [0.29, 0.717) is 24.0 Å². The van der Waals surface area contributed by atoms with Gasteiger partial charge in [-0.3, -0.25) is 4.79 Å². The van der Waals surface area contributed by atoms with Gasteiger partial charge < -0.3 is 9.88 Å². The van der Waals surface area contributed by atoms with Gasteiger partial charge in [-0.1, -0.05) is 12.1 Å². The summed E-state index contributed by atoms with van der Waals surface area (Å²) in [5, 5.41) is 7.90. The van der Waals surface area contributed by atoms with Gasteiger partial charge in [0.2, 0.25) is 10.0 Å². The highest BCUT2D eigenvalue weighted by atomic mass is 79.9. The van der Waals surface area contributed by atoms with Crippen LogP contribution < -0.4 is 10.5 Å². The summed E-state index contributed by atoms with van der Waals surface area (Å²) in [7, 11) is -3.86. The second-order valence-electron chi connectivity index (χ2n) is 5.72. The number of primary sulfonamides is 1. The highest BCUT2D eigenvalue weighted by Gasteiger charge is 2.15. The summed E-state index contributed by atoms with van der Waals surface area (Å²) in [6.45, 7) is 1.15. The Morgan fingerprint density at radius 3 is 2.77 bits per heavy atom. The minimum Gasteiger partial charge on any atom is -0.352 e. The molecule has 0 atom stereocenters. The van der Waals surface area contributed by atoms with E-state index in [1.807, 2.05) is 28.8 Å². The van der Waals surface area contributed by atoms with Gasteiger partial charge in [-0.2, -0.15) is 0 Å². The van der Waals surface area contributed by atoms with Crippen molar-refractivity contribution in [2.75, 3.05) is 6.54 Å². The first-order valence-electron chi connectivity index (χ1n) is 7.87. The molecule has 3 aromatic rings. The number of para-hydroxylation sites is 2. The molecule has 136 valence electrons. The van der Waals surface area contributed by atoms with Gasteiger partial charge >= 0.3 is 0 Å². The Hall–Kier alpha value is -2.23. The van der Waals surface area contributed by atoms with Crippen molar-refractivity contribution < 1.29 is 13.2 Å². The van der Waals surface area contributed by atoms with Gasteiger partial charge in [0, 0.05) is 17.6 Å². The standard InChI is InChI=1S/C17H17BrN4O3S/c18-14-7-6-12(26(19,24)25)10-13(14)17(23)20-8-3-9-22-11-21-15-4-1-2-5-16(15)22/h1-2,4-7,10-11H,3,8-9H2,(H,20,23)(H2,19,24,25). The summed E-state index contributed by atoms with van der Waals surface area (Å²) in [5.74, 6) is -0.363. The molecule has 0 aliphatic heterocycles. The molecule has 0 saturated heterocycles. The van der Waals surface area contributed by atoms with Crippen molar-refractivity contribution in [1.82, 2.24) is 14.9 Å². The topological polar surface area (TPSA) is 107 Å². The summed E-state index contributed by atoms with van der Waals surface area (Å²) in [5.41, 5.74) is 2.20. The van der Waals surface area contributed by atoms with Crippen molar-refractivity contribution in [3.63, 3.8) is 0 Å². The molecule has 0 bridgehead atoms. The first-order valence-corrected chi connectivity index (χ1v) is 10.2. The van der Waals surface area contributed by atoms with E-state index < -0.39 is 10.0 Å². The molecule has 0 unspecified atom stereocenters. The molecule has 0 spiro atoms. The highest BCUT2D eigenvalue weighted by Crippen LogP contribution is 2.20. The average molecular weight is 437 g/mol. The minimum atomic E-state index is -3.86. The molecular weight excluding hydrogens is 420 g/mol. The number of hydrogen-bond donors (Lipinski definition) is 2. The molecule has 3 rings (SSSR count). The SMILES string of the molecule is NS(=O)(=O)c1ccc(Br)c(C(=O)NCCCn2cnc3ccccc32)c1. The molecule has 3 N–H and O–H groups in total. The molecule has 2 aromatic carbocycles. The fraction of sp³-hybridized carbons (Fsp3) is 0.176. The second-order valence-corrected chi connectivity index (χ2v) is 8.14. The van der Waals surface area contributed by atoms with Gasteiger partial charge in [0.05, 0.1) is 27.8 Å². The van der Waals surface area contributed by atoms with Crippen molar-refractivity contribution in [2.24, 2.45) is 5.14 Å². The Balaban J connectivity index is 1.61. The molecule has 1 aromatic heterocycles. The molecule has 1 amide bonds. The van der Waals surface area contributed by atoms with Gasteiger partial charge in [0.25, 0.3) is 5.91 Å². The zero-order chi connectivity index (χ0) is 18.7. The Bertz CT molecular complexity index is 1060. The Kier molecular flexibility index (Phi) is 5.40. The second kappa shape index (κ2) is 7.56. The smallest absolute Gasteiger partial charge is 0.252 e. The summed E-state index contributed by atoms with van der Waals surface area (Å²) in [6, 6.07) is 11.9. The van der Waals surface area contributed by atoms with Gasteiger partial charge in [-0.05, 0) is 52.7 Å². The number of amides is 1. The molecule has 0 saturated carbocycles. The summed E-state index contributed by atoms with van der Waals surface area (Å²) in [6.07, 6.45) is 2.48. The molecule has 1 heterocycles. The number of nitrogens with zero attached hydrogens (tertiary/aromatic N) is 2. The normalized spacial score (nSPS) is 11.6. The van der Waals surface area contributed by atoms with Crippen LogP contribution in [0.1, 0.15) is 16.8 Å². The third-order valence-electron chi connectivity index (χ3n) is 3.90. The lowest BCUT2D eigenvalue weighted by Gasteiger charge is -2.09. The number of aromatic nitrogens is 2. The largest absolute Gasteiger partial charge is 0.352 e. The summed E-state index contributed by atoms with van der Waals surface area (Å²) >= 11 is 3.26. The lowest BCUT2D eigenvalue weighted by molar-refractivity contribution is 0.0952. The molecule has 0 fully saturated rings. The highest BCUT2D eigenvalue weighted by molar-refractivity contribution is 9.10. The first kappa shape index (κ1) is 18.6. The van der Waals surface area contributed by atoms with Crippen molar-refractivity contribution >= 4 is 42.9 Å². The van der Waals surface area contributed by atoms with Crippen LogP contribution in [-0.2, 0) is 16.6 Å². The summed E-state index contributed by atoms with van der Waals surface area (Å²) < 4.78 is 25.4. The van der Waals surface area contributed by atoms with Crippen LogP contribution in [0.2, 0.25) is 0 Å². The van der Waals surface area contributed by atoms with Crippen molar-refractivity contribution in [2.45, 2.75) is 17.9 Å². The zero-order valence-corrected chi connectivity index (χ0v) is 16.1. The van der Waals surface area contributed by atoms with E-state index >= 15 is 0 Å². The summed E-state index contributed by atoms with van der Waals surface area (Å²) in [4.78, 5) is 16.5. The molecule has 9 heteroatoms. The number of imidazole rings is 1. The Morgan fingerprint density at radius 1 is 1.23 bits per heavy atom. The number of carbonyl (C=O) groups excluding carboxylic acids is 1. The third kappa shape index (κ3) is 4.12. The van der Waals surface area contributed by atoms with Crippen LogP contribution in [0.4, 0.5) is 0 Å². The van der Waals surface area contributed by atoms with Crippen molar-refractivity contribution in [1.29, 1.82) is 0 Å². The molecular formula is C17H17BrN4O3S.